The molecule has 1 aliphatic rings. The van der Waals surface area contributed by atoms with Crippen LogP contribution in [0.2, 0.25) is 5.02 Å². The van der Waals surface area contributed by atoms with Gasteiger partial charge < -0.3 is 14.4 Å². The zero-order chi connectivity index (χ0) is 26.0. The summed E-state index contributed by atoms with van der Waals surface area (Å²) < 4.78 is 62.4. The first-order valence-corrected chi connectivity index (χ1v) is 10.5. The predicted molar refractivity (Wildman–Crippen MR) is 118 cm³/mol. The van der Waals surface area contributed by atoms with Gasteiger partial charge in [-0.25, -0.2) is 18.1 Å². The van der Waals surface area contributed by atoms with Gasteiger partial charge in [-0.15, -0.1) is 0 Å². The number of rotatable bonds is 8. The number of aromatic nitrogens is 4. The monoisotopic (exact) mass is 526 g/mol. The molecule has 2 aromatic heterocycles. The Morgan fingerprint density at radius 3 is 2.64 bits per heavy atom. The summed E-state index contributed by atoms with van der Waals surface area (Å²) in [6, 6.07) is 5.19. The number of anilines is 1. The van der Waals surface area contributed by atoms with Crippen molar-refractivity contribution < 1.29 is 27.0 Å². The standard InChI is InChI=1S/C21H15ClF4N6O4/c22-13-5-11(1-2-14(13)24)17-18(30-8-12(9-30)36-20(25)26)31(4-3-27)21(34)32(19(17)33)15-6-28-7-16(29-15)35-10-23/h1-2,5-7,12,20H,4,8-10H2. The van der Waals surface area contributed by atoms with Gasteiger partial charge in [0.25, 0.3) is 5.56 Å². The minimum atomic E-state index is -3.03. The van der Waals surface area contributed by atoms with Crippen LogP contribution in [0.15, 0.2) is 40.2 Å². The number of nitrogens with zero attached hydrogens (tertiary/aromatic N) is 6. The van der Waals surface area contributed by atoms with Crippen LogP contribution in [0.1, 0.15) is 0 Å². The molecule has 1 aliphatic heterocycles. The molecular weight excluding hydrogens is 512 g/mol. The van der Waals surface area contributed by atoms with Gasteiger partial charge in [-0.05, 0) is 17.7 Å². The SMILES string of the molecule is N#CCn1c(N2CC(OC(F)F)C2)c(-c2ccc(F)c(Cl)c2)c(=O)n(-c2cncc(OCF)n2)c1=O. The van der Waals surface area contributed by atoms with Crippen molar-refractivity contribution in [1.82, 2.24) is 19.1 Å². The number of hydrogen-bond donors (Lipinski definition) is 0. The molecule has 0 unspecified atom stereocenters. The minimum absolute atomic E-state index is 0.0733. The summed E-state index contributed by atoms with van der Waals surface area (Å²) in [7, 11) is 0. The number of hydrogen-bond acceptors (Lipinski definition) is 8. The lowest BCUT2D eigenvalue weighted by Crippen LogP contribution is -2.56. The number of halogens is 5. The normalized spacial score (nSPS) is 13.5. The van der Waals surface area contributed by atoms with E-state index < -0.39 is 43.2 Å². The summed E-state index contributed by atoms with van der Waals surface area (Å²) in [6.07, 6.45) is 1.20. The lowest BCUT2D eigenvalue weighted by atomic mass is 10.0. The molecule has 36 heavy (non-hydrogen) atoms. The molecule has 3 heterocycles. The van der Waals surface area contributed by atoms with E-state index in [-0.39, 0.29) is 46.8 Å². The first kappa shape index (κ1) is 25.1. The quantitative estimate of drug-likeness (QED) is 0.411. The van der Waals surface area contributed by atoms with E-state index in [1.807, 2.05) is 6.07 Å². The van der Waals surface area contributed by atoms with Gasteiger partial charge in [0.15, 0.2) is 5.82 Å². The molecule has 0 bridgehead atoms. The molecule has 0 aliphatic carbocycles. The molecule has 0 radical (unpaired) electrons. The van der Waals surface area contributed by atoms with Crippen molar-refractivity contribution in [1.29, 1.82) is 5.26 Å². The van der Waals surface area contributed by atoms with Crippen molar-refractivity contribution in [2.45, 2.75) is 19.3 Å². The van der Waals surface area contributed by atoms with Crippen LogP contribution in [0.3, 0.4) is 0 Å². The van der Waals surface area contributed by atoms with Gasteiger partial charge in [-0.2, -0.15) is 19.0 Å². The fourth-order valence-electron chi connectivity index (χ4n) is 3.70. The van der Waals surface area contributed by atoms with Crippen LogP contribution >= 0.6 is 11.6 Å². The Kier molecular flexibility index (Phi) is 7.22. The summed E-state index contributed by atoms with van der Waals surface area (Å²) >= 11 is 5.92. The van der Waals surface area contributed by atoms with Crippen LogP contribution in [0.5, 0.6) is 5.88 Å². The lowest BCUT2D eigenvalue weighted by molar-refractivity contribution is -0.167. The molecule has 4 rings (SSSR count). The molecule has 0 N–H and O–H groups in total. The molecule has 0 atom stereocenters. The second-order valence-corrected chi connectivity index (χ2v) is 7.79. The summed E-state index contributed by atoms with van der Waals surface area (Å²) in [5, 5.41) is 9.07. The highest BCUT2D eigenvalue weighted by molar-refractivity contribution is 6.31. The molecule has 10 nitrogen and oxygen atoms in total. The highest BCUT2D eigenvalue weighted by Gasteiger charge is 2.36. The predicted octanol–water partition coefficient (Wildman–Crippen LogP) is 2.51. The summed E-state index contributed by atoms with van der Waals surface area (Å²) in [6.45, 7) is -5.08. The molecule has 1 fully saturated rings. The van der Waals surface area contributed by atoms with Gasteiger partial charge in [0, 0.05) is 13.1 Å². The van der Waals surface area contributed by atoms with Crippen LogP contribution in [-0.4, -0.2) is 51.8 Å². The third-order valence-corrected chi connectivity index (χ3v) is 5.52. The van der Waals surface area contributed by atoms with E-state index in [9.17, 15) is 32.4 Å². The van der Waals surface area contributed by atoms with E-state index in [1.54, 1.807) is 0 Å². The average Bonchev–Trinajstić information content (AvgIpc) is 2.80. The van der Waals surface area contributed by atoms with Gasteiger partial charge in [0.05, 0.1) is 35.2 Å². The van der Waals surface area contributed by atoms with E-state index in [1.165, 1.54) is 11.0 Å². The average molecular weight is 527 g/mol. The Labute approximate surface area is 204 Å². The first-order chi connectivity index (χ1) is 17.2. The van der Waals surface area contributed by atoms with Gasteiger partial charge in [0.2, 0.25) is 12.7 Å². The zero-order valence-electron chi connectivity index (χ0n) is 18.1. The Balaban J connectivity index is 1.99. The van der Waals surface area contributed by atoms with Crippen molar-refractivity contribution in [3.8, 4) is 28.9 Å². The molecule has 0 saturated carbocycles. The molecule has 0 spiro atoms. The first-order valence-electron chi connectivity index (χ1n) is 10.2. The maximum absolute atomic E-state index is 13.9. The van der Waals surface area contributed by atoms with Crippen LogP contribution < -0.4 is 20.9 Å². The van der Waals surface area contributed by atoms with Crippen LogP contribution in [0.4, 0.5) is 23.4 Å². The second kappa shape index (κ2) is 10.3. The van der Waals surface area contributed by atoms with E-state index in [2.05, 4.69) is 19.4 Å². The highest BCUT2D eigenvalue weighted by Crippen LogP contribution is 2.33. The molecule has 0 amide bonds. The van der Waals surface area contributed by atoms with Crippen LogP contribution in [0, 0.1) is 17.1 Å². The fraction of sp³-hybridized carbons (Fsp3) is 0.286. The molecule has 188 valence electrons. The topological polar surface area (TPSA) is 115 Å². The Bertz CT molecular complexity index is 1450. The maximum atomic E-state index is 13.9. The number of alkyl halides is 3. The van der Waals surface area contributed by atoms with E-state index in [0.717, 1.165) is 29.1 Å². The van der Waals surface area contributed by atoms with E-state index >= 15 is 0 Å². The van der Waals surface area contributed by atoms with Crippen LogP contribution in [0.25, 0.3) is 16.9 Å². The Morgan fingerprint density at radius 1 is 1.25 bits per heavy atom. The van der Waals surface area contributed by atoms with Crippen molar-refractivity contribution in [3.63, 3.8) is 0 Å². The third kappa shape index (κ3) is 4.75. The van der Waals surface area contributed by atoms with Gasteiger partial charge in [-0.3, -0.25) is 14.3 Å². The minimum Gasteiger partial charge on any atom is -0.445 e. The lowest BCUT2D eigenvalue weighted by Gasteiger charge is -2.41. The van der Waals surface area contributed by atoms with Crippen molar-refractivity contribution in [2.24, 2.45) is 0 Å². The zero-order valence-corrected chi connectivity index (χ0v) is 18.8. The number of benzene rings is 1. The van der Waals surface area contributed by atoms with Gasteiger partial charge in [-0.1, -0.05) is 17.7 Å². The van der Waals surface area contributed by atoms with E-state index in [4.69, 9.17) is 11.6 Å². The maximum Gasteiger partial charge on any atom is 0.345 e. The largest absolute Gasteiger partial charge is 0.445 e. The molecule has 3 aromatic rings. The number of ether oxygens (including phenoxy) is 2. The molecule has 1 aromatic carbocycles. The van der Waals surface area contributed by atoms with E-state index in [0.29, 0.717) is 4.57 Å². The van der Waals surface area contributed by atoms with Crippen molar-refractivity contribution in [3.05, 3.63) is 62.3 Å². The highest BCUT2D eigenvalue weighted by atomic mass is 35.5. The summed E-state index contributed by atoms with van der Waals surface area (Å²) in [5.74, 6) is -1.52. The fourth-order valence-corrected chi connectivity index (χ4v) is 3.88. The van der Waals surface area contributed by atoms with Crippen molar-refractivity contribution >= 4 is 17.4 Å². The second-order valence-electron chi connectivity index (χ2n) is 7.39. The Hall–Kier alpha value is -3.96. The van der Waals surface area contributed by atoms with Gasteiger partial charge >= 0.3 is 12.3 Å². The smallest absolute Gasteiger partial charge is 0.345 e. The summed E-state index contributed by atoms with van der Waals surface area (Å²) in [5.41, 5.74) is -2.10. The molecule has 1 saturated heterocycles. The van der Waals surface area contributed by atoms with Gasteiger partial charge in [0.1, 0.15) is 18.2 Å². The Morgan fingerprint density at radius 2 is 2.00 bits per heavy atom. The van der Waals surface area contributed by atoms with Crippen LogP contribution in [-0.2, 0) is 11.3 Å². The molecular formula is C21H15ClF4N6O4. The van der Waals surface area contributed by atoms with Crippen molar-refractivity contribution in [2.75, 3.05) is 24.9 Å². The number of nitriles is 1. The molecule has 15 heteroatoms. The summed E-state index contributed by atoms with van der Waals surface area (Å²) in [4.78, 5) is 36.2. The third-order valence-electron chi connectivity index (χ3n) is 5.23.